The Hall–Kier alpha value is -1.51. The Labute approximate surface area is 117 Å². The Bertz CT molecular complexity index is 622. The number of sulfonamides is 1. The fourth-order valence-electron chi connectivity index (χ4n) is 2.34. The molecule has 1 aliphatic rings. The van der Waals surface area contributed by atoms with Gasteiger partial charge in [0, 0.05) is 30.8 Å². The number of piperidine rings is 1. The van der Waals surface area contributed by atoms with Crippen LogP contribution in [0.4, 0.5) is 5.69 Å². The lowest BCUT2D eigenvalue weighted by Crippen LogP contribution is -2.42. The third-order valence-corrected chi connectivity index (χ3v) is 5.61. The molecule has 20 heavy (non-hydrogen) atoms. The fraction of sp³-hybridized carbons (Fsp3) is 0.500. The van der Waals surface area contributed by atoms with Crippen molar-refractivity contribution in [3.8, 4) is 0 Å². The first kappa shape index (κ1) is 14.9. The van der Waals surface area contributed by atoms with Gasteiger partial charge >= 0.3 is 0 Å². The summed E-state index contributed by atoms with van der Waals surface area (Å²) in [5.41, 5.74) is 5.75. The van der Waals surface area contributed by atoms with Crippen LogP contribution >= 0.6 is 0 Å². The fourth-order valence-corrected chi connectivity index (χ4v) is 4.05. The molecular formula is C12H17N3O4S. The number of nitrogens with zero attached hydrogens (tertiary/aromatic N) is 2. The van der Waals surface area contributed by atoms with E-state index < -0.39 is 14.9 Å². The van der Waals surface area contributed by atoms with E-state index in [-0.39, 0.29) is 22.2 Å². The first-order valence-corrected chi connectivity index (χ1v) is 7.78. The van der Waals surface area contributed by atoms with Crippen LogP contribution in [-0.4, -0.2) is 36.8 Å². The van der Waals surface area contributed by atoms with Gasteiger partial charge in [-0.15, -0.1) is 0 Å². The van der Waals surface area contributed by atoms with Gasteiger partial charge in [-0.2, -0.15) is 4.31 Å². The van der Waals surface area contributed by atoms with E-state index in [0.717, 1.165) is 0 Å². The van der Waals surface area contributed by atoms with E-state index >= 15 is 0 Å². The second kappa shape index (κ2) is 5.47. The van der Waals surface area contributed by atoms with Crippen molar-refractivity contribution >= 4 is 15.7 Å². The van der Waals surface area contributed by atoms with Crippen molar-refractivity contribution in [2.75, 3.05) is 13.1 Å². The molecular weight excluding hydrogens is 282 g/mol. The van der Waals surface area contributed by atoms with E-state index in [1.807, 2.05) is 0 Å². The summed E-state index contributed by atoms with van der Waals surface area (Å²) in [5.74, 6) is 0. The average Bonchev–Trinajstić information content (AvgIpc) is 2.38. The highest BCUT2D eigenvalue weighted by Gasteiger charge is 2.31. The second-order valence-corrected chi connectivity index (χ2v) is 6.81. The summed E-state index contributed by atoms with van der Waals surface area (Å²) in [5, 5.41) is 10.9. The van der Waals surface area contributed by atoms with E-state index in [9.17, 15) is 18.5 Å². The molecule has 2 rings (SSSR count). The number of hydrogen-bond acceptors (Lipinski definition) is 5. The predicted octanol–water partition coefficient (Wildman–Crippen LogP) is 1.02. The maximum Gasteiger partial charge on any atom is 0.273 e. The third kappa shape index (κ3) is 2.67. The molecule has 8 heteroatoms. The molecule has 1 aromatic carbocycles. The summed E-state index contributed by atoms with van der Waals surface area (Å²) in [7, 11) is -3.70. The maximum absolute atomic E-state index is 12.6. The van der Waals surface area contributed by atoms with Crippen molar-refractivity contribution in [2.24, 2.45) is 5.73 Å². The summed E-state index contributed by atoms with van der Waals surface area (Å²) < 4.78 is 26.5. The van der Waals surface area contributed by atoms with Crippen molar-refractivity contribution in [3.63, 3.8) is 0 Å². The van der Waals surface area contributed by atoms with Crippen LogP contribution in [0.5, 0.6) is 0 Å². The molecule has 1 fully saturated rings. The predicted molar refractivity (Wildman–Crippen MR) is 73.8 cm³/mol. The molecule has 0 saturated carbocycles. The van der Waals surface area contributed by atoms with Crippen LogP contribution in [0.1, 0.15) is 18.4 Å². The van der Waals surface area contributed by atoms with Crippen molar-refractivity contribution in [1.82, 2.24) is 4.31 Å². The summed E-state index contributed by atoms with van der Waals surface area (Å²) in [6, 6.07) is 4.13. The first-order chi connectivity index (χ1) is 9.34. The summed E-state index contributed by atoms with van der Waals surface area (Å²) in [6.07, 6.45) is 1.21. The number of nitro benzene ring substituents is 1. The maximum atomic E-state index is 12.6. The van der Waals surface area contributed by atoms with Crippen molar-refractivity contribution in [2.45, 2.75) is 30.7 Å². The highest BCUT2D eigenvalue weighted by molar-refractivity contribution is 7.89. The van der Waals surface area contributed by atoms with Crippen LogP contribution in [0.15, 0.2) is 23.1 Å². The van der Waals surface area contributed by atoms with Gasteiger partial charge < -0.3 is 5.73 Å². The Morgan fingerprint density at radius 2 is 1.95 bits per heavy atom. The molecule has 1 aromatic rings. The number of hydrogen-bond donors (Lipinski definition) is 1. The number of nitrogens with two attached hydrogens (primary N) is 1. The van der Waals surface area contributed by atoms with Crippen LogP contribution in [0.3, 0.4) is 0 Å². The zero-order chi connectivity index (χ0) is 14.9. The van der Waals surface area contributed by atoms with Crippen LogP contribution in [-0.2, 0) is 10.0 Å². The van der Waals surface area contributed by atoms with Crippen LogP contribution in [0.25, 0.3) is 0 Å². The molecule has 7 nitrogen and oxygen atoms in total. The molecule has 1 saturated heterocycles. The molecule has 0 amide bonds. The molecule has 0 spiro atoms. The van der Waals surface area contributed by atoms with E-state index in [1.54, 1.807) is 0 Å². The van der Waals surface area contributed by atoms with Crippen molar-refractivity contribution in [1.29, 1.82) is 0 Å². The normalized spacial score (nSPS) is 18.1. The zero-order valence-corrected chi connectivity index (χ0v) is 12.0. The van der Waals surface area contributed by atoms with E-state index in [4.69, 9.17) is 5.73 Å². The summed E-state index contributed by atoms with van der Waals surface area (Å²) >= 11 is 0. The Morgan fingerprint density at radius 3 is 2.50 bits per heavy atom. The third-order valence-electron chi connectivity index (χ3n) is 3.57. The monoisotopic (exact) mass is 299 g/mol. The lowest BCUT2D eigenvalue weighted by atomic mass is 10.1. The van der Waals surface area contributed by atoms with Gasteiger partial charge in [-0.3, -0.25) is 10.1 Å². The Morgan fingerprint density at radius 1 is 1.35 bits per heavy atom. The van der Waals surface area contributed by atoms with Crippen LogP contribution < -0.4 is 5.73 Å². The lowest BCUT2D eigenvalue weighted by Gasteiger charge is -2.29. The Balaban J connectivity index is 2.40. The van der Waals surface area contributed by atoms with Gasteiger partial charge in [-0.25, -0.2) is 8.42 Å². The van der Waals surface area contributed by atoms with E-state index in [0.29, 0.717) is 25.9 Å². The molecule has 0 aromatic heterocycles. The van der Waals surface area contributed by atoms with Gasteiger partial charge in [0.2, 0.25) is 10.0 Å². The zero-order valence-electron chi connectivity index (χ0n) is 11.2. The van der Waals surface area contributed by atoms with Crippen LogP contribution in [0.2, 0.25) is 0 Å². The highest BCUT2D eigenvalue weighted by atomic mass is 32.2. The van der Waals surface area contributed by atoms with Gasteiger partial charge in [-0.1, -0.05) is 6.07 Å². The minimum atomic E-state index is -3.70. The van der Waals surface area contributed by atoms with Gasteiger partial charge in [0.1, 0.15) is 0 Å². The highest BCUT2D eigenvalue weighted by Crippen LogP contribution is 2.28. The van der Waals surface area contributed by atoms with Crippen molar-refractivity contribution < 1.29 is 13.3 Å². The number of rotatable bonds is 3. The number of benzene rings is 1. The molecule has 2 N–H and O–H groups in total. The van der Waals surface area contributed by atoms with E-state index in [2.05, 4.69) is 0 Å². The SMILES string of the molecule is Cc1c([N+](=O)[O-])cccc1S(=O)(=O)N1CCC(N)CC1. The largest absolute Gasteiger partial charge is 0.328 e. The first-order valence-electron chi connectivity index (χ1n) is 6.34. The molecule has 1 heterocycles. The molecule has 0 radical (unpaired) electrons. The smallest absolute Gasteiger partial charge is 0.273 e. The topological polar surface area (TPSA) is 107 Å². The summed E-state index contributed by atoms with van der Waals surface area (Å²) in [4.78, 5) is 10.3. The second-order valence-electron chi connectivity index (χ2n) is 4.90. The molecule has 0 bridgehead atoms. The molecule has 0 aliphatic carbocycles. The quantitative estimate of drug-likeness (QED) is 0.662. The van der Waals surface area contributed by atoms with Gasteiger partial charge in [0.25, 0.3) is 5.69 Å². The molecule has 1 aliphatic heterocycles. The van der Waals surface area contributed by atoms with Crippen LogP contribution in [0, 0.1) is 17.0 Å². The van der Waals surface area contributed by atoms with Gasteiger partial charge in [-0.05, 0) is 25.8 Å². The molecule has 0 atom stereocenters. The average molecular weight is 299 g/mol. The lowest BCUT2D eigenvalue weighted by molar-refractivity contribution is -0.385. The van der Waals surface area contributed by atoms with E-state index in [1.165, 1.54) is 29.4 Å². The number of nitro groups is 1. The standard InChI is InChI=1S/C12H17N3O4S/c1-9-11(15(16)17)3-2-4-12(9)20(18,19)14-7-5-10(13)6-8-14/h2-4,10H,5-8,13H2,1H3. The molecule has 110 valence electrons. The molecule has 0 unspecified atom stereocenters. The minimum absolute atomic E-state index is 0.00201. The van der Waals surface area contributed by atoms with Gasteiger partial charge in [0.05, 0.1) is 9.82 Å². The summed E-state index contributed by atoms with van der Waals surface area (Å²) in [6.45, 7) is 2.16. The Kier molecular flexibility index (Phi) is 4.07. The van der Waals surface area contributed by atoms with Gasteiger partial charge in [0.15, 0.2) is 0 Å². The van der Waals surface area contributed by atoms with Crippen molar-refractivity contribution in [3.05, 3.63) is 33.9 Å². The minimum Gasteiger partial charge on any atom is -0.328 e.